The van der Waals surface area contributed by atoms with Gasteiger partial charge >= 0.3 is 0 Å². The predicted molar refractivity (Wildman–Crippen MR) is 66.4 cm³/mol. The first-order valence-electron chi connectivity index (χ1n) is 5.27. The number of hydrogen-bond donors (Lipinski definition) is 1. The molecule has 0 aliphatic heterocycles. The molecule has 1 N–H and O–H groups in total. The van der Waals surface area contributed by atoms with Crippen molar-refractivity contribution in [1.82, 2.24) is 4.98 Å². The molecule has 1 aromatic carbocycles. The molecule has 0 bridgehead atoms. The van der Waals surface area contributed by atoms with Crippen LogP contribution >= 0.6 is 11.3 Å². The third-order valence-corrected chi connectivity index (χ3v) is 3.16. The van der Waals surface area contributed by atoms with Crippen molar-refractivity contribution in [3.8, 4) is 11.3 Å². The van der Waals surface area contributed by atoms with Gasteiger partial charge in [-0.25, -0.2) is 13.8 Å². The van der Waals surface area contributed by atoms with Gasteiger partial charge in [-0.15, -0.1) is 11.3 Å². The number of nitrogens with one attached hydrogen (secondary N) is 1. The van der Waals surface area contributed by atoms with E-state index in [1.165, 1.54) is 30.4 Å². The van der Waals surface area contributed by atoms with Gasteiger partial charge in [-0.3, -0.25) is 0 Å². The summed E-state index contributed by atoms with van der Waals surface area (Å²) in [6.07, 6.45) is 0. The van der Waals surface area contributed by atoms with Crippen LogP contribution < -0.4 is 5.32 Å². The molecular weight excluding hydrogens is 242 g/mol. The van der Waals surface area contributed by atoms with E-state index in [0.717, 1.165) is 6.54 Å². The Labute approximate surface area is 102 Å². The highest BCUT2D eigenvalue weighted by Crippen LogP contribution is 2.28. The second-order valence-corrected chi connectivity index (χ2v) is 4.51. The number of aromatic nitrogens is 1. The van der Waals surface area contributed by atoms with E-state index < -0.39 is 11.6 Å². The third kappa shape index (κ3) is 2.44. The lowest BCUT2D eigenvalue weighted by Gasteiger charge is -2.02. The molecule has 2 nitrogen and oxygen atoms in total. The lowest BCUT2D eigenvalue weighted by atomic mass is 10.1. The monoisotopic (exact) mass is 254 g/mol. The molecular formula is C12H12F2N2S. The molecule has 0 atom stereocenters. The van der Waals surface area contributed by atoms with Crippen LogP contribution in [0.5, 0.6) is 0 Å². The minimum atomic E-state index is -0.447. The smallest absolute Gasteiger partial charge is 0.183 e. The Kier molecular flexibility index (Phi) is 3.38. The fraction of sp³-hybridized carbons (Fsp3) is 0.250. The maximum atomic E-state index is 13.7. The lowest BCUT2D eigenvalue weighted by Crippen LogP contribution is -1.95. The number of rotatable bonds is 3. The SMILES string of the molecule is CCNc1nc(-c2cc(F)c(C)cc2F)cs1. The third-order valence-electron chi connectivity index (χ3n) is 2.36. The van der Waals surface area contributed by atoms with Crippen LogP contribution in [0.4, 0.5) is 13.9 Å². The van der Waals surface area contributed by atoms with Gasteiger partial charge in [0.25, 0.3) is 0 Å². The average Bonchev–Trinajstić information content (AvgIpc) is 2.72. The molecule has 5 heteroatoms. The molecule has 0 saturated carbocycles. The molecule has 0 aliphatic carbocycles. The molecule has 0 radical (unpaired) electrons. The number of halogens is 2. The predicted octanol–water partition coefficient (Wildman–Crippen LogP) is 3.83. The molecule has 0 saturated heterocycles. The molecule has 0 unspecified atom stereocenters. The van der Waals surface area contributed by atoms with Gasteiger partial charge in [-0.2, -0.15) is 0 Å². The van der Waals surface area contributed by atoms with Crippen LogP contribution in [0.15, 0.2) is 17.5 Å². The second kappa shape index (κ2) is 4.79. The van der Waals surface area contributed by atoms with Crippen LogP contribution in [-0.4, -0.2) is 11.5 Å². The highest BCUT2D eigenvalue weighted by Gasteiger charge is 2.12. The van der Waals surface area contributed by atoms with Crippen LogP contribution in [-0.2, 0) is 0 Å². The van der Waals surface area contributed by atoms with Gasteiger partial charge in [0, 0.05) is 17.5 Å². The molecule has 90 valence electrons. The average molecular weight is 254 g/mol. The van der Waals surface area contributed by atoms with Crippen LogP contribution in [0.2, 0.25) is 0 Å². The molecule has 1 heterocycles. The van der Waals surface area contributed by atoms with Crippen LogP contribution in [0.1, 0.15) is 12.5 Å². The summed E-state index contributed by atoms with van der Waals surface area (Å²) in [7, 11) is 0. The summed E-state index contributed by atoms with van der Waals surface area (Å²) in [5.41, 5.74) is 0.962. The molecule has 0 aliphatic rings. The Balaban J connectivity index is 2.41. The summed E-state index contributed by atoms with van der Waals surface area (Å²) in [5, 5.41) is 5.46. The Morgan fingerprint density at radius 2 is 2.06 bits per heavy atom. The summed E-state index contributed by atoms with van der Waals surface area (Å²) in [4.78, 5) is 4.20. The van der Waals surface area contributed by atoms with Crippen molar-refractivity contribution in [3.05, 3.63) is 34.7 Å². The van der Waals surface area contributed by atoms with E-state index >= 15 is 0 Å². The Morgan fingerprint density at radius 3 is 2.76 bits per heavy atom. The van der Waals surface area contributed by atoms with E-state index in [-0.39, 0.29) is 5.56 Å². The first kappa shape index (κ1) is 12.0. The van der Waals surface area contributed by atoms with Crippen LogP contribution in [0.3, 0.4) is 0 Å². The largest absolute Gasteiger partial charge is 0.362 e. The van der Waals surface area contributed by atoms with Gasteiger partial charge < -0.3 is 5.32 Å². The fourth-order valence-corrected chi connectivity index (χ4v) is 2.25. The van der Waals surface area contributed by atoms with Crippen molar-refractivity contribution in [2.75, 3.05) is 11.9 Å². The molecule has 2 aromatic rings. The number of anilines is 1. The lowest BCUT2D eigenvalue weighted by molar-refractivity contribution is 0.595. The van der Waals surface area contributed by atoms with Gasteiger partial charge in [-0.1, -0.05) is 0 Å². The number of thiazole rings is 1. The van der Waals surface area contributed by atoms with Crippen molar-refractivity contribution in [2.45, 2.75) is 13.8 Å². The first-order valence-corrected chi connectivity index (χ1v) is 6.15. The van der Waals surface area contributed by atoms with Crippen LogP contribution in [0, 0.1) is 18.6 Å². The Hall–Kier alpha value is -1.49. The molecule has 1 aromatic heterocycles. The summed E-state index contributed by atoms with van der Waals surface area (Å²) in [5.74, 6) is -0.864. The minimum Gasteiger partial charge on any atom is -0.362 e. The van der Waals surface area contributed by atoms with Crippen molar-refractivity contribution >= 4 is 16.5 Å². The van der Waals surface area contributed by atoms with E-state index in [1.807, 2.05) is 6.92 Å². The van der Waals surface area contributed by atoms with Crippen molar-refractivity contribution < 1.29 is 8.78 Å². The van der Waals surface area contributed by atoms with E-state index in [1.54, 1.807) is 5.38 Å². The zero-order chi connectivity index (χ0) is 12.4. The molecule has 17 heavy (non-hydrogen) atoms. The van der Waals surface area contributed by atoms with E-state index in [9.17, 15) is 8.78 Å². The van der Waals surface area contributed by atoms with E-state index in [0.29, 0.717) is 16.4 Å². The zero-order valence-corrected chi connectivity index (χ0v) is 10.4. The van der Waals surface area contributed by atoms with Crippen molar-refractivity contribution in [3.63, 3.8) is 0 Å². The van der Waals surface area contributed by atoms with Gasteiger partial charge in [0.05, 0.1) is 5.69 Å². The number of hydrogen-bond acceptors (Lipinski definition) is 3. The fourth-order valence-electron chi connectivity index (χ4n) is 1.47. The zero-order valence-electron chi connectivity index (χ0n) is 9.55. The molecule has 0 amide bonds. The maximum Gasteiger partial charge on any atom is 0.183 e. The number of nitrogens with zero attached hydrogens (tertiary/aromatic N) is 1. The number of benzene rings is 1. The van der Waals surface area contributed by atoms with E-state index in [2.05, 4.69) is 10.3 Å². The molecule has 0 spiro atoms. The second-order valence-electron chi connectivity index (χ2n) is 3.65. The standard InChI is InChI=1S/C12H12F2N2S/c1-3-15-12-16-11(6-17-12)8-5-9(13)7(2)4-10(8)14/h4-6H,3H2,1-2H3,(H,15,16). The quantitative estimate of drug-likeness (QED) is 0.900. The van der Waals surface area contributed by atoms with Crippen molar-refractivity contribution in [1.29, 1.82) is 0 Å². The van der Waals surface area contributed by atoms with Crippen molar-refractivity contribution in [2.24, 2.45) is 0 Å². The normalized spacial score (nSPS) is 10.6. The maximum absolute atomic E-state index is 13.7. The Morgan fingerprint density at radius 1 is 1.29 bits per heavy atom. The van der Waals surface area contributed by atoms with Gasteiger partial charge in [0.2, 0.25) is 0 Å². The first-order chi connectivity index (χ1) is 8.11. The minimum absolute atomic E-state index is 0.202. The highest BCUT2D eigenvalue weighted by atomic mass is 32.1. The molecule has 2 rings (SSSR count). The summed E-state index contributed by atoms with van der Waals surface area (Å²) in [6.45, 7) is 4.23. The van der Waals surface area contributed by atoms with E-state index in [4.69, 9.17) is 0 Å². The topological polar surface area (TPSA) is 24.9 Å². The summed E-state index contributed by atoms with van der Waals surface area (Å²) < 4.78 is 27.1. The summed E-state index contributed by atoms with van der Waals surface area (Å²) >= 11 is 1.38. The van der Waals surface area contributed by atoms with Crippen LogP contribution in [0.25, 0.3) is 11.3 Å². The van der Waals surface area contributed by atoms with Gasteiger partial charge in [-0.05, 0) is 31.5 Å². The number of aryl methyl sites for hydroxylation is 1. The Bertz CT molecular complexity index is 537. The summed E-state index contributed by atoms with van der Waals surface area (Å²) in [6, 6.07) is 2.38. The highest BCUT2D eigenvalue weighted by molar-refractivity contribution is 7.14. The molecule has 0 fully saturated rings. The van der Waals surface area contributed by atoms with Gasteiger partial charge in [0.15, 0.2) is 5.13 Å². The van der Waals surface area contributed by atoms with Gasteiger partial charge in [0.1, 0.15) is 11.6 Å².